The van der Waals surface area contributed by atoms with E-state index in [1.807, 2.05) is 0 Å². The maximum atomic E-state index is 10.7. The predicted molar refractivity (Wildman–Crippen MR) is 66.2 cm³/mol. The maximum Gasteiger partial charge on any atom is 0.405 e. The maximum absolute atomic E-state index is 10.7. The van der Waals surface area contributed by atoms with Gasteiger partial charge < -0.3 is 15.6 Å². The minimum absolute atomic E-state index is 0.185. The van der Waals surface area contributed by atoms with E-state index >= 15 is 0 Å². The number of phenols is 1. The van der Waals surface area contributed by atoms with Gasteiger partial charge in [-0.2, -0.15) is 0 Å². The van der Waals surface area contributed by atoms with Crippen LogP contribution < -0.4 is 5.73 Å². The Balaban J connectivity index is 2.66. The molecule has 0 unspecified atom stereocenters. The van der Waals surface area contributed by atoms with Gasteiger partial charge in [-0.25, -0.2) is 4.79 Å². The number of carbonyl (C=O) groups excluding carboxylic acids is 1. The topological polar surface area (TPSA) is 72.6 Å². The molecule has 0 aliphatic heterocycles. The molecule has 0 fully saturated rings. The first-order valence-corrected chi connectivity index (χ1v) is 5.64. The first-order chi connectivity index (χ1) is 7.80. The molecule has 3 N–H and O–H groups in total. The number of ether oxygens (including phenoxy) is 1. The Kier molecular flexibility index (Phi) is 4.23. The Morgan fingerprint density at radius 2 is 2.18 bits per heavy atom. The van der Waals surface area contributed by atoms with Gasteiger partial charge in [0.25, 0.3) is 0 Å². The smallest absolute Gasteiger partial charge is 0.405 e. The van der Waals surface area contributed by atoms with Gasteiger partial charge in [0.15, 0.2) is 0 Å². The number of benzene rings is 1. The molecule has 1 rings (SSSR count). The molecule has 0 spiro atoms. The molecule has 94 valence electrons. The van der Waals surface area contributed by atoms with Crippen LogP contribution in [0.4, 0.5) is 4.79 Å². The van der Waals surface area contributed by atoms with Crippen LogP contribution >= 0.6 is 11.6 Å². The third kappa shape index (κ3) is 4.53. The van der Waals surface area contributed by atoms with Crippen LogP contribution in [0.3, 0.4) is 0 Å². The monoisotopic (exact) mass is 257 g/mol. The van der Waals surface area contributed by atoms with Crippen molar-refractivity contribution in [1.29, 1.82) is 0 Å². The van der Waals surface area contributed by atoms with Gasteiger partial charge in [-0.05, 0) is 50.5 Å². The summed E-state index contributed by atoms with van der Waals surface area (Å²) < 4.78 is 4.95. The molecule has 1 aromatic rings. The fourth-order valence-electron chi connectivity index (χ4n) is 1.51. The second-order valence-corrected chi connectivity index (χ2v) is 4.89. The Labute approximate surface area is 105 Å². The molecule has 0 atom stereocenters. The van der Waals surface area contributed by atoms with Crippen LogP contribution in [0.1, 0.15) is 25.8 Å². The molecule has 0 radical (unpaired) electrons. The van der Waals surface area contributed by atoms with Crippen molar-refractivity contribution in [1.82, 2.24) is 0 Å². The van der Waals surface area contributed by atoms with E-state index in [0.717, 1.165) is 5.56 Å². The molecular formula is C12H16ClNO3. The number of phenolic OH excluding ortho intramolecular Hbond substituents is 1. The number of aryl methyl sites for hydroxylation is 1. The minimum atomic E-state index is -0.801. The van der Waals surface area contributed by atoms with Gasteiger partial charge in [-0.1, -0.05) is 11.6 Å². The number of aromatic hydroxyl groups is 1. The molecule has 0 bridgehead atoms. The van der Waals surface area contributed by atoms with Crippen molar-refractivity contribution in [2.75, 3.05) is 0 Å². The number of hydrogen-bond acceptors (Lipinski definition) is 3. The molecule has 0 saturated heterocycles. The van der Waals surface area contributed by atoms with Gasteiger partial charge in [0, 0.05) is 5.02 Å². The minimum Gasteiger partial charge on any atom is -0.508 e. The van der Waals surface area contributed by atoms with E-state index < -0.39 is 11.7 Å². The summed E-state index contributed by atoms with van der Waals surface area (Å²) in [6, 6.07) is 4.85. The van der Waals surface area contributed by atoms with Crippen molar-refractivity contribution >= 4 is 17.7 Å². The van der Waals surface area contributed by atoms with E-state index in [4.69, 9.17) is 22.1 Å². The zero-order valence-corrected chi connectivity index (χ0v) is 10.6. The van der Waals surface area contributed by atoms with Gasteiger partial charge >= 0.3 is 6.09 Å². The first-order valence-electron chi connectivity index (χ1n) is 5.26. The lowest BCUT2D eigenvalue weighted by molar-refractivity contribution is 0.0393. The molecule has 0 saturated carbocycles. The van der Waals surface area contributed by atoms with Gasteiger partial charge in [0.05, 0.1) is 0 Å². The van der Waals surface area contributed by atoms with Crippen LogP contribution in [0, 0.1) is 0 Å². The average Bonchev–Trinajstić information content (AvgIpc) is 2.17. The summed E-state index contributed by atoms with van der Waals surface area (Å²) in [5, 5.41) is 10.2. The Bertz CT molecular complexity index is 418. The molecule has 5 heteroatoms. The largest absolute Gasteiger partial charge is 0.508 e. The molecule has 17 heavy (non-hydrogen) atoms. The third-order valence-corrected chi connectivity index (χ3v) is 2.65. The second kappa shape index (κ2) is 5.27. The average molecular weight is 258 g/mol. The number of rotatable bonds is 4. The highest BCUT2D eigenvalue weighted by Crippen LogP contribution is 2.25. The number of amides is 1. The fourth-order valence-corrected chi connectivity index (χ4v) is 1.71. The van der Waals surface area contributed by atoms with Crippen molar-refractivity contribution < 1.29 is 14.6 Å². The third-order valence-electron chi connectivity index (χ3n) is 2.41. The van der Waals surface area contributed by atoms with Crippen molar-refractivity contribution in [3.63, 3.8) is 0 Å². The molecule has 1 aromatic carbocycles. The van der Waals surface area contributed by atoms with Gasteiger partial charge in [0.1, 0.15) is 11.4 Å². The van der Waals surface area contributed by atoms with Crippen molar-refractivity contribution in [3.05, 3.63) is 28.8 Å². The predicted octanol–water partition coefficient (Wildman–Crippen LogP) is 2.85. The second-order valence-electron chi connectivity index (χ2n) is 4.45. The summed E-state index contributed by atoms with van der Waals surface area (Å²) >= 11 is 5.83. The summed E-state index contributed by atoms with van der Waals surface area (Å²) in [4.78, 5) is 10.7. The number of halogens is 1. The molecular weight excluding hydrogens is 242 g/mol. The Morgan fingerprint density at radius 1 is 1.53 bits per heavy atom. The van der Waals surface area contributed by atoms with E-state index in [2.05, 4.69) is 0 Å². The Morgan fingerprint density at radius 3 is 2.76 bits per heavy atom. The van der Waals surface area contributed by atoms with Gasteiger partial charge in [-0.15, -0.1) is 0 Å². The van der Waals surface area contributed by atoms with Crippen LogP contribution in [-0.4, -0.2) is 16.8 Å². The van der Waals surface area contributed by atoms with E-state index in [9.17, 15) is 9.90 Å². The molecule has 1 amide bonds. The Hall–Kier alpha value is -1.42. The van der Waals surface area contributed by atoms with Crippen molar-refractivity contribution in [2.24, 2.45) is 5.73 Å². The zero-order chi connectivity index (χ0) is 13.1. The molecule has 4 nitrogen and oxygen atoms in total. The highest BCUT2D eigenvalue weighted by atomic mass is 35.5. The molecule has 0 aliphatic carbocycles. The quantitative estimate of drug-likeness (QED) is 0.871. The fraction of sp³-hybridized carbons (Fsp3) is 0.417. The lowest BCUT2D eigenvalue weighted by Gasteiger charge is -2.24. The lowest BCUT2D eigenvalue weighted by atomic mass is 9.98. The summed E-state index contributed by atoms with van der Waals surface area (Å²) in [7, 11) is 0. The highest BCUT2D eigenvalue weighted by molar-refractivity contribution is 6.30. The van der Waals surface area contributed by atoms with Crippen molar-refractivity contribution in [2.45, 2.75) is 32.3 Å². The number of nitrogens with two attached hydrogens (primary N) is 1. The van der Waals surface area contributed by atoms with Crippen LogP contribution in [0.25, 0.3) is 0 Å². The summed E-state index contributed by atoms with van der Waals surface area (Å²) in [5.74, 6) is 0.185. The number of carbonyl (C=O) groups is 1. The van der Waals surface area contributed by atoms with Crippen molar-refractivity contribution in [3.8, 4) is 5.75 Å². The van der Waals surface area contributed by atoms with E-state index in [1.165, 1.54) is 0 Å². The number of hydrogen-bond donors (Lipinski definition) is 2. The molecule has 0 heterocycles. The van der Waals surface area contributed by atoms with Crippen LogP contribution in [-0.2, 0) is 11.2 Å². The summed E-state index contributed by atoms with van der Waals surface area (Å²) in [5.41, 5.74) is 5.02. The molecule has 0 aliphatic rings. The van der Waals surface area contributed by atoms with Gasteiger partial charge in [0.2, 0.25) is 0 Å². The lowest BCUT2D eigenvalue weighted by Crippen LogP contribution is -2.31. The van der Waals surface area contributed by atoms with Crippen LogP contribution in [0.2, 0.25) is 5.02 Å². The SMILES string of the molecule is CC(C)(CCc1cc(Cl)ccc1O)OC(N)=O. The van der Waals surface area contributed by atoms with E-state index in [0.29, 0.717) is 17.9 Å². The summed E-state index contributed by atoms with van der Waals surface area (Å²) in [6.45, 7) is 3.53. The van der Waals surface area contributed by atoms with E-state index in [1.54, 1.807) is 32.0 Å². The highest BCUT2D eigenvalue weighted by Gasteiger charge is 2.21. The molecule has 0 aromatic heterocycles. The summed E-state index contributed by atoms with van der Waals surface area (Å²) in [6.07, 6.45) is 0.293. The first kappa shape index (κ1) is 13.6. The normalized spacial score (nSPS) is 11.2. The van der Waals surface area contributed by atoms with Gasteiger partial charge in [-0.3, -0.25) is 0 Å². The van der Waals surface area contributed by atoms with Crippen LogP contribution in [0.15, 0.2) is 18.2 Å². The zero-order valence-electron chi connectivity index (χ0n) is 9.87. The van der Waals surface area contributed by atoms with Crippen LogP contribution in [0.5, 0.6) is 5.75 Å². The number of primary amides is 1. The standard InChI is InChI=1S/C12H16ClNO3/c1-12(2,17-11(14)16)6-5-8-7-9(13)3-4-10(8)15/h3-4,7,15H,5-6H2,1-2H3,(H2,14,16). The van der Waals surface area contributed by atoms with E-state index in [-0.39, 0.29) is 5.75 Å².